The summed E-state index contributed by atoms with van der Waals surface area (Å²) >= 11 is 0. The fourth-order valence-electron chi connectivity index (χ4n) is 0.301. The highest BCUT2D eigenvalue weighted by Gasteiger charge is 1.77. The molecule has 1 heteroatoms. The normalized spacial score (nSPS) is 12.1. The molecule has 0 unspecified atom stereocenters. The highest BCUT2D eigenvalue weighted by molar-refractivity contribution is 4.93. The second-order valence-corrected chi connectivity index (χ2v) is 1.44. The van der Waals surface area contributed by atoms with Gasteiger partial charge in [0.2, 0.25) is 0 Å². The first kappa shape index (κ1) is 6.67. The summed E-state index contributed by atoms with van der Waals surface area (Å²) in [5.74, 6) is -0.318. The van der Waals surface area contributed by atoms with Crippen molar-refractivity contribution in [3.8, 4) is 0 Å². The van der Waals surface area contributed by atoms with Crippen LogP contribution in [0.1, 0.15) is 19.8 Å². The van der Waals surface area contributed by atoms with Gasteiger partial charge in [0.25, 0.3) is 0 Å². The predicted octanol–water partition coefficient (Wildman–Crippen LogP) is 2.47. The molecule has 0 saturated carbocycles. The maximum absolute atomic E-state index is 11.6. The van der Waals surface area contributed by atoms with Crippen molar-refractivity contribution in [2.75, 3.05) is 0 Å². The zero-order valence-corrected chi connectivity index (χ0v) is 4.58. The van der Waals surface area contributed by atoms with Gasteiger partial charge < -0.3 is 0 Å². The number of allylic oxidation sites excluding steroid dienone is 2. The molecule has 0 aromatic heterocycles. The molecule has 0 aromatic rings. The van der Waals surface area contributed by atoms with Crippen LogP contribution in [0.15, 0.2) is 11.9 Å². The lowest BCUT2D eigenvalue weighted by atomic mass is 10.3. The van der Waals surface area contributed by atoms with Gasteiger partial charge in [0.15, 0.2) is 0 Å². The van der Waals surface area contributed by atoms with Crippen molar-refractivity contribution in [2.45, 2.75) is 19.8 Å². The molecular weight excluding hydrogens is 91.1 g/mol. The van der Waals surface area contributed by atoms with Gasteiger partial charge in [-0.25, -0.2) is 4.39 Å². The fourth-order valence-corrected chi connectivity index (χ4v) is 0.301. The van der Waals surface area contributed by atoms with E-state index in [1.807, 2.05) is 6.92 Å². The number of hydrogen-bond acceptors (Lipinski definition) is 0. The van der Waals surface area contributed by atoms with Crippen LogP contribution >= 0.6 is 0 Å². The molecule has 0 aliphatic rings. The summed E-state index contributed by atoms with van der Waals surface area (Å²) in [6.45, 7) is 5.07. The summed E-state index contributed by atoms with van der Waals surface area (Å²) in [5, 5.41) is 0. The molecule has 0 N–H and O–H groups in total. The second kappa shape index (κ2) is 3.85. The predicted molar refractivity (Wildman–Crippen MR) is 29.5 cm³/mol. The molecule has 0 heterocycles. The Balaban J connectivity index is 3.08. The molecule has 0 fully saturated rings. The first-order valence-electron chi connectivity index (χ1n) is 2.45. The minimum absolute atomic E-state index is 0.318. The van der Waals surface area contributed by atoms with Crippen LogP contribution in [0.2, 0.25) is 0 Å². The van der Waals surface area contributed by atoms with Crippen LogP contribution in [0.5, 0.6) is 0 Å². The second-order valence-electron chi connectivity index (χ2n) is 1.44. The number of unbranched alkanes of at least 4 members (excludes halogenated alkanes) is 1. The molecule has 0 aromatic carbocycles. The van der Waals surface area contributed by atoms with Gasteiger partial charge in [-0.3, -0.25) is 0 Å². The lowest BCUT2D eigenvalue weighted by molar-refractivity contribution is 0.656. The average Bonchev–Trinajstić information content (AvgIpc) is 1.61. The third-order valence-corrected chi connectivity index (χ3v) is 0.655. The van der Waals surface area contributed by atoms with Gasteiger partial charge in [-0.1, -0.05) is 19.4 Å². The molecule has 0 amide bonds. The highest BCUT2D eigenvalue weighted by atomic mass is 19.1. The molecule has 41 valence electrons. The third kappa shape index (κ3) is 5.67. The molecule has 1 radical (unpaired) electrons. The van der Waals surface area contributed by atoms with Gasteiger partial charge in [-0.05, 0) is 6.42 Å². The van der Waals surface area contributed by atoms with Gasteiger partial charge >= 0.3 is 0 Å². The zero-order valence-electron chi connectivity index (χ0n) is 4.58. The smallest absolute Gasteiger partial charge is 0.0964 e. The van der Waals surface area contributed by atoms with E-state index in [-0.39, 0.29) is 5.83 Å². The summed E-state index contributed by atoms with van der Waals surface area (Å²) < 4.78 is 11.6. The quantitative estimate of drug-likeness (QED) is 0.501. The van der Waals surface area contributed by atoms with Gasteiger partial charge in [0, 0.05) is 6.92 Å². The molecular formula is C6H10F. The van der Waals surface area contributed by atoms with E-state index in [9.17, 15) is 4.39 Å². The summed E-state index contributed by atoms with van der Waals surface area (Å²) in [4.78, 5) is 0. The lowest BCUT2D eigenvalue weighted by Crippen LogP contribution is -1.62. The minimum atomic E-state index is -0.318. The van der Waals surface area contributed by atoms with Crippen LogP contribution in [0.4, 0.5) is 4.39 Å². The Hall–Kier alpha value is -0.330. The summed E-state index contributed by atoms with van der Waals surface area (Å²) in [6, 6.07) is 0. The molecule has 0 saturated heterocycles. The van der Waals surface area contributed by atoms with Crippen LogP contribution < -0.4 is 0 Å². The van der Waals surface area contributed by atoms with Crippen molar-refractivity contribution in [1.82, 2.24) is 0 Å². The van der Waals surface area contributed by atoms with E-state index < -0.39 is 0 Å². The molecule has 7 heavy (non-hydrogen) atoms. The maximum atomic E-state index is 11.6. The van der Waals surface area contributed by atoms with Crippen molar-refractivity contribution < 1.29 is 4.39 Å². The van der Waals surface area contributed by atoms with E-state index in [1.54, 1.807) is 0 Å². The van der Waals surface area contributed by atoms with E-state index in [1.165, 1.54) is 6.08 Å². The topological polar surface area (TPSA) is 0 Å². The maximum Gasteiger partial charge on any atom is 0.0964 e. The molecule has 0 bridgehead atoms. The molecule has 0 aliphatic heterocycles. The van der Waals surface area contributed by atoms with Gasteiger partial charge in [-0.2, -0.15) is 0 Å². The van der Waals surface area contributed by atoms with Crippen LogP contribution in [-0.2, 0) is 0 Å². The zero-order chi connectivity index (χ0) is 5.70. The van der Waals surface area contributed by atoms with Gasteiger partial charge in [-0.15, -0.1) is 0 Å². The number of halogens is 1. The summed E-state index contributed by atoms with van der Waals surface area (Å²) in [6.07, 6.45) is 3.28. The van der Waals surface area contributed by atoms with Crippen molar-refractivity contribution in [3.05, 3.63) is 18.8 Å². The summed E-state index contributed by atoms with van der Waals surface area (Å²) in [5.41, 5.74) is 0. The van der Waals surface area contributed by atoms with Crippen LogP contribution in [-0.4, -0.2) is 0 Å². The Morgan fingerprint density at radius 3 is 2.57 bits per heavy atom. The third-order valence-electron chi connectivity index (χ3n) is 0.655. The van der Waals surface area contributed by atoms with Gasteiger partial charge in [0.1, 0.15) is 0 Å². The molecule has 0 aliphatic carbocycles. The monoisotopic (exact) mass is 101 g/mol. The van der Waals surface area contributed by atoms with E-state index >= 15 is 0 Å². The van der Waals surface area contributed by atoms with E-state index in [2.05, 4.69) is 6.92 Å². The lowest BCUT2D eigenvalue weighted by Gasteiger charge is -1.81. The van der Waals surface area contributed by atoms with Crippen molar-refractivity contribution in [1.29, 1.82) is 0 Å². The van der Waals surface area contributed by atoms with E-state index in [0.29, 0.717) is 0 Å². The van der Waals surface area contributed by atoms with E-state index in [0.717, 1.165) is 12.8 Å². The number of rotatable bonds is 2. The van der Waals surface area contributed by atoms with Crippen molar-refractivity contribution in [2.24, 2.45) is 0 Å². The van der Waals surface area contributed by atoms with Gasteiger partial charge in [0.05, 0.1) is 5.83 Å². The molecule has 0 rings (SSSR count). The Morgan fingerprint density at radius 1 is 1.86 bits per heavy atom. The Labute approximate surface area is 44.0 Å². The molecule has 0 atom stereocenters. The van der Waals surface area contributed by atoms with Crippen LogP contribution in [0.25, 0.3) is 0 Å². The first-order chi connectivity index (χ1) is 3.27. The van der Waals surface area contributed by atoms with Crippen molar-refractivity contribution >= 4 is 0 Å². The Bertz CT molecular complexity index is 60.6. The molecule has 0 spiro atoms. The first-order valence-corrected chi connectivity index (χ1v) is 2.45. The summed E-state index contributed by atoms with van der Waals surface area (Å²) in [7, 11) is 0. The Morgan fingerprint density at radius 2 is 2.43 bits per heavy atom. The van der Waals surface area contributed by atoms with Crippen LogP contribution in [0, 0.1) is 6.92 Å². The Kier molecular flexibility index (Phi) is 3.67. The van der Waals surface area contributed by atoms with E-state index in [4.69, 9.17) is 0 Å². The minimum Gasteiger partial charge on any atom is -0.212 e. The number of hydrogen-bond donors (Lipinski definition) is 0. The standard InChI is InChI=1S/C6H10F/c1-3-4-5-6(2)7/h5H,2-4H2,1H3/b6-5-. The molecule has 0 nitrogen and oxygen atoms in total. The average molecular weight is 101 g/mol. The highest BCUT2D eigenvalue weighted by Crippen LogP contribution is 1.96. The largest absolute Gasteiger partial charge is 0.212 e. The van der Waals surface area contributed by atoms with Crippen LogP contribution in [0.3, 0.4) is 0 Å². The van der Waals surface area contributed by atoms with Crippen molar-refractivity contribution in [3.63, 3.8) is 0 Å². The fraction of sp³-hybridized carbons (Fsp3) is 0.500. The SMILES string of the molecule is [CH2]/C(F)=C/CCC.